The predicted octanol–water partition coefficient (Wildman–Crippen LogP) is 2.00. The second kappa shape index (κ2) is 9.13. The molecule has 5 nitrogen and oxygen atoms in total. The van der Waals surface area contributed by atoms with E-state index in [1.54, 1.807) is 25.7 Å². The molecule has 1 atom stereocenters. The Bertz CT molecular complexity index is 447. The summed E-state index contributed by atoms with van der Waals surface area (Å²) in [4.78, 5) is 25.4. The third-order valence-electron chi connectivity index (χ3n) is 3.04. The minimum atomic E-state index is -0.505. The van der Waals surface area contributed by atoms with Crippen LogP contribution in [0.2, 0.25) is 0 Å². The van der Waals surface area contributed by atoms with E-state index in [-0.39, 0.29) is 18.5 Å². The van der Waals surface area contributed by atoms with Gasteiger partial charge in [-0.2, -0.15) is 0 Å². The van der Waals surface area contributed by atoms with Crippen LogP contribution >= 0.6 is 0 Å². The quantitative estimate of drug-likeness (QED) is 0.686. The fraction of sp³-hybridized carbons (Fsp3) is 0.500. The van der Waals surface area contributed by atoms with Crippen molar-refractivity contribution in [2.45, 2.75) is 33.4 Å². The van der Waals surface area contributed by atoms with Crippen LogP contribution in [-0.2, 0) is 25.6 Å². The number of hydrogen-bond donors (Lipinski definition) is 0. The third kappa shape index (κ3) is 5.95. The van der Waals surface area contributed by atoms with Gasteiger partial charge in [0.25, 0.3) is 0 Å². The van der Waals surface area contributed by atoms with Crippen molar-refractivity contribution in [2.24, 2.45) is 0 Å². The van der Waals surface area contributed by atoms with Gasteiger partial charge in [-0.25, -0.2) is 0 Å². The summed E-state index contributed by atoms with van der Waals surface area (Å²) in [7, 11) is 0. The molecule has 0 fully saturated rings. The molecule has 0 saturated heterocycles. The van der Waals surface area contributed by atoms with Crippen molar-refractivity contribution in [3.8, 4) is 0 Å². The molecule has 21 heavy (non-hydrogen) atoms. The lowest BCUT2D eigenvalue weighted by molar-refractivity contribution is -0.152. The third-order valence-corrected chi connectivity index (χ3v) is 3.04. The van der Waals surface area contributed by atoms with Crippen molar-refractivity contribution < 1.29 is 19.1 Å². The van der Waals surface area contributed by atoms with E-state index in [1.165, 1.54) is 0 Å². The van der Waals surface area contributed by atoms with E-state index in [1.807, 2.05) is 30.3 Å². The van der Waals surface area contributed by atoms with Crippen molar-refractivity contribution in [2.75, 3.05) is 19.8 Å². The number of carbonyl (C=O) groups is 2. The topological polar surface area (TPSA) is 55.8 Å². The number of carbonyl (C=O) groups excluding carboxylic acids is 2. The van der Waals surface area contributed by atoms with Crippen LogP contribution in [0.3, 0.4) is 0 Å². The maximum Gasteiger partial charge on any atom is 0.323 e. The van der Waals surface area contributed by atoms with Gasteiger partial charge in [0.2, 0.25) is 0 Å². The highest BCUT2D eigenvalue weighted by atomic mass is 16.5. The average molecular weight is 293 g/mol. The predicted molar refractivity (Wildman–Crippen MR) is 79.6 cm³/mol. The molecule has 0 amide bonds. The summed E-state index contributed by atoms with van der Waals surface area (Å²) in [5.74, 6) is -0.678. The summed E-state index contributed by atoms with van der Waals surface area (Å²) in [6, 6.07) is 9.18. The van der Waals surface area contributed by atoms with E-state index in [0.29, 0.717) is 19.8 Å². The van der Waals surface area contributed by atoms with E-state index in [0.717, 1.165) is 5.56 Å². The molecule has 1 aromatic rings. The number of ether oxygens (including phenoxy) is 2. The minimum absolute atomic E-state index is 0.0582. The molecule has 0 spiro atoms. The van der Waals surface area contributed by atoms with Crippen molar-refractivity contribution >= 4 is 11.9 Å². The normalized spacial score (nSPS) is 12.0. The first-order valence-corrected chi connectivity index (χ1v) is 7.18. The number of rotatable bonds is 8. The Morgan fingerprint density at radius 2 is 1.71 bits per heavy atom. The van der Waals surface area contributed by atoms with Gasteiger partial charge in [0.05, 0.1) is 19.8 Å². The molecule has 1 rings (SSSR count). The molecule has 0 aromatic heterocycles. The fourth-order valence-corrected chi connectivity index (χ4v) is 1.93. The first-order chi connectivity index (χ1) is 10.1. The summed E-state index contributed by atoms with van der Waals surface area (Å²) in [6.45, 7) is 6.45. The van der Waals surface area contributed by atoms with E-state index in [4.69, 9.17) is 9.47 Å². The van der Waals surface area contributed by atoms with Crippen LogP contribution in [-0.4, -0.2) is 42.6 Å². The van der Waals surface area contributed by atoms with E-state index in [9.17, 15) is 9.59 Å². The number of hydrogen-bond acceptors (Lipinski definition) is 5. The van der Waals surface area contributed by atoms with Gasteiger partial charge in [0.15, 0.2) is 0 Å². The molecule has 0 aliphatic rings. The number of nitrogens with zero attached hydrogens (tertiary/aromatic N) is 1. The molecule has 0 aliphatic carbocycles. The van der Waals surface area contributed by atoms with Crippen molar-refractivity contribution in [3.63, 3.8) is 0 Å². The Kier molecular flexibility index (Phi) is 7.46. The highest BCUT2D eigenvalue weighted by Crippen LogP contribution is 2.10. The molecule has 116 valence electrons. The second-order valence-electron chi connectivity index (χ2n) is 4.62. The van der Waals surface area contributed by atoms with E-state index >= 15 is 0 Å². The zero-order valence-electron chi connectivity index (χ0n) is 12.9. The van der Waals surface area contributed by atoms with E-state index < -0.39 is 6.04 Å². The van der Waals surface area contributed by atoms with Gasteiger partial charge in [-0.1, -0.05) is 30.3 Å². The highest BCUT2D eigenvalue weighted by Gasteiger charge is 2.25. The molecular formula is C16H23NO4. The standard InChI is InChI=1S/C16H23NO4/c1-4-20-15(18)12-17(13(3)16(19)21-5-2)11-14-9-7-6-8-10-14/h6-10,13H,4-5,11-12H2,1-3H3. The summed E-state index contributed by atoms with van der Waals surface area (Å²) in [5, 5.41) is 0. The first kappa shape index (κ1) is 17.2. The van der Waals surface area contributed by atoms with Crippen LogP contribution in [0.1, 0.15) is 26.3 Å². The lowest BCUT2D eigenvalue weighted by Crippen LogP contribution is -2.43. The SMILES string of the molecule is CCOC(=O)CN(Cc1ccccc1)C(C)C(=O)OCC. The maximum absolute atomic E-state index is 11.9. The van der Waals surface area contributed by atoms with Gasteiger partial charge in [0.1, 0.15) is 6.04 Å². The summed E-state index contributed by atoms with van der Waals surface area (Å²) in [6.07, 6.45) is 0. The first-order valence-electron chi connectivity index (χ1n) is 7.18. The summed E-state index contributed by atoms with van der Waals surface area (Å²) < 4.78 is 10.00. The minimum Gasteiger partial charge on any atom is -0.465 e. The van der Waals surface area contributed by atoms with Gasteiger partial charge in [-0.05, 0) is 26.3 Å². The van der Waals surface area contributed by atoms with Crippen LogP contribution in [0.4, 0.5) is 0 Å². The molecule has 1 unspecified atom stereocenters. The molecule has 0 heterocycles. The smallest absolute Gasteiger partial charge is 0.323 e. The highest BCUT2D eigenvalue weighted by molar-refractivity contribution is 5.77. The van der Waals surface area contributed by atoms with Crippen molar-refractivity contribution in [1.82, 2.24) is 4.90 Å². The Balaban J connectivity index is 2.78. The van der Waals surface area contributed by atoms with Gasteiger partial charge < -0.3 is 9.47 Å². The largest absolute Gasteiger partial charge is 0.465 e. The van der Waals surface area contributed by atoms with Crippen LogP contribution < -0.4 is 0 Å². The monoisotopic (exact) mass is 293 g/mol. The van der Waals surface area contributed by atoms with Crippen LogP contribution in [0.5, 0.6) is 0 Å². The number of benzene rings is 1. The maximum atomic E-state index is 11.9. The average Bonchev–Trinajstić information content (AvgIpc) is 2.47. The second-order valence-corrected chi connectivity index (χ2v) is 4.62. The van der Waals surface area contributed by atoms with Crippen LogP contribution in [0.15, 0.2) is 30.3 Å². The van der Waals surface area contributed by atoms with Crippen molar-refractivity contribution in [3.05, 3.63) is 35.9 Å². The zero-order chi connectivity index (χ0) is 15.7. The molecule has 0 radical (unpaired) electrons. The molecule has 5 heteroatoms. The van der Waals surface area contributed by atoms with Gasteiger partial charge in [0, 0.05) is 6.54 Å². The summed E-state index contributed by atoms with van der Waals surface area (Å²) >= 11 is 0. The van der Waals surface area contributed by atoms with Gasteiger partial charge >= 0.3 is 11.9 Å². The van der Waals surface area contributed by atoms with Gasteiger partial charge in [-0.15, -0.1) is 0 Å². The molecular weight excluding hydrogens is 270 g/mol. The lowest BCUT2D eigenvalue weighted by Gasteiger charge is -2.26. The Labute approximate surface area is 125 Å². The Hall–Kier alpha value is -1.88. The van der Waals surface area contributed by atoms with E-state index in [2.05, 4.69) is 0 Å². The molecule has 0 saturated carbocycles. The van der Waals surface area contributed by atoms with Crippen LogP contribution in [0.25, 0.3) is 0 Å². The number of esters is 2. The zero-order valence-corrected chi connectivity index (χ0v) is 12.9. The lowest BCUT2D eigenvalue weighted by atomic mass is 10.2. The molecule has 0 aliphatic heterocycles. The fourth-order valence-electron chi connectivity index (χ4n) is 1.93. The molecule has 0 bridgehead atoms. The van der Waals surface area contributed by atoms with Gasteiger partial charge in [-0.3, -0.25) is 14.5 Å². The Morgan fingerprint density at radius 3 is 2.29 bits per heavy atom. The van der Waals surface area contributed by atoms with Crippen LogP contribution in [0, 0.1) is 0 Å². The van der Waals surface area contributed by atoms with Crippen molar-refractivity contribution in [1.29, 1.82) is 0 Å². The summed E-state index contributed by atoms with van der Waals surface area (Å²) in [5.41, 5.74) is 1.03. The molecule has 0 N–H and O–H groups in total. The Morgan fingerprint density at radius 1 is 1.10 bits per heavy atom. The molecule has 1 aromatic carbocycles.